The van der Waals surface area contributed by atoms with Gasteiger partial charge in [-0.05, 0) is 45.5 Å². The summed E-state index contributed by atoms with van der Waals surface area (Å²) in [5.41, 5.74) is 1.31. The van der Waals surface area contributed by atoms with Gasteiger partial charge in [0, 0.05) is 37.4 Å². The summed E-state index contributed by atoms with van der Waals surface area (Å²) in [6.45, 7) is 5.78. The molecule has 0 spiro atoms. The zero-order chi connectivity index (χ0) is 13.1. The third-order valence-corrected chi connectivity index (χ3v) is 4.35. The molecule has 1 unspecified atom stereocenters. The van der Waals surface area contributed by atoms with E-state index in [1.165, 1.54) is 43.7 Å². The summed E-state index contributed by atoms with van der Waals surface area (Å²) in [7, 11) is 1.99. The SMILES string of the molecule is CNCc1cccnc1N1CCC(N2CCCC2)C1. The van der Waals surface area contributed by atoms with Gasteiger partial charge in [0.25, 0.3) is 0 Å². The van der Waals surface area contributed by atoms with Crippen molar-refractivity contribution < 1.29 is 0 Å². The molecule has 1 atom stereocenters. The number of rotatable bonds is 4. The maximum Gasteiger partial charge on any atom is 0.133 e. The van der Waals surface area contributed by atoms with Gasteiger partial charge < -0.3 is 10.2 Å². The van der Waals surface area contributed by atoms with Gasteiger partial charge in [0.15, 0.2) is 0 Å². The van der Waals surface area contributed by atoms with Crippen molar-refractivity contribution in [3.05, 3.63) is 23.9 Å². The molecule has 0 aromatic carbocycles. The highest BCUT2D eigenvalue weighted by Gasteiger charge is 2.30. The normalized spacial score (nSPS) is 24.3. The van der Waals surface area contributed by atoms with Crippen molar-refractivity contribution in [1.82, 2.24) is 15.2 Å². The Labute approximate surface area is 115 Å². The molecule has 0 aliphatic carbocycles. The van der Waals surface area contributed by atoms with Gasteiger partial charge in [0.2, 0.25) is 0 Å². The molecule has 1 N–H and O–H groups in total. The van der Waals surface area contributed by atoms with Crippen LogP contribution >= 0.6 is 0 Å². The number of aromatic nitrogens is 1. The summed E-state index contributed by atoms with van der Waals surface area (Å²) in [6.07, 6.45) is 5.96. The van der Waals surface area contributed by atoms with Crippen molar-refractivity contribution in [1.29, 1.82) is 0 Å². The van der Waals surface area contributed by atoms with Crippen LogP contribution in [-0.4, -0.2) is 49.2 Å². The minimum Gasteiger partial charge on any atom is -0.355 e. The van der Waals surface area contributed by atoms with Crippen molar-refractivity contribution in [3.63, 3.8) is 0 Å². The number of nitrogens with one attached hydrogen (secondary N) is 1. The van der Waals surface area contributed by atoms with Gasteiger partial charge in [-0.25, -0.2) is 4.98 Å². The average molecular weight is 260 g/mol. The fourth-order valence-electron chi connectivity index (χ4n) is 3.38. The molecule has 2 fully saturated rings. The fraction of sp³-hybridized carbons (Fsp3) is 0.667. The molecule has 0 saturated carbocycles. The van der Waals surface area contributed by atoms with Crippen molar-refractivity contribution in [2.24, 2.45) is 0 Å². The predicted molar refractivity (Wildman–Crippen MR) is 78.4 cm³/mol. The number of hydrogen-bond acceptors (Lipinski definition) is 4. The van der Waals surface area contributed by atoms with Crippen LogP contribution in [-0.2, 0) is 6.54 Å². The Morgan fingerprint density at radius 1 is 1.32 bits per heavy atom. The van der Waals surface area contributed by atoms with Crippen molar-refractivity contribution >= 4 is 5.82 Å². The summed E-state index contributed by atoms with van der Waals surface area (Å²) in [5, 5.41) is 3.24. The minimum absolute atomic E-state index is 0.743. The standard InChI is InChI=1S/C15H24N4/c1-16-11-13-5-4-7-17-15(13)19-10-6-14(12-19)18-8-2-3-9-18/h4-5,7,14,16H,2-3,6,8-12H2,1H3. The molecule has 2 aliphatic heterocycles. The van der Waals surface area contributed by atoms with Gasteiger partial charge in [0.05, 0.1) is 0 Å². The lowest BCUT2D eigenvalue weighted by Gasteiger charge is -2.25. The van der Waals surface area contributed by atoms with E-state index in [0.29, 0.717) is 0 Å². The van der Waals surface area contributed by atoms with Crippen molar-refractivity contribution in [2.75, 3.05) is 38.1 Å². The molecular formula is C15H24N4. The van der Waals surface area contributed by atoms with Crippen LogP contribution in [0.5, 0.6) is 0 Å². The molecule has 2 saturated heterocycles. The van der Waals surface area contributed by atoms with Crippen LogP contribution in [0.25, 0.3) is 0 Å². The van der Waals surface area contributed by atoms with Crippen LogP contribution in [0.15, 0.2) is 18.3 Å². The number of nitrogens with zero attached hydrogens (tertiary/aromatic N) is 3. The summed E-state index contributed by atoms with van der Waals surface area (Å²) in [4.78, 5) is 9.74. The lowest BCUT2D eigenvalue weighted by molar-refractivity contribution is 0.260. The molecule has 3 heterocycles. The molecule has 1 aromatic heterocycles. The van der Waals surface area contributed by atoms with Crippen molar-refractivity contribution in [2.45, 2.75) is 31.8 Å². The second kappa shape index (κ2) is 5.88. The van der Waals surface area contributed by atoms with Gasteiger partial charge in [-0.2, -0.15) is 0 Å². The predicted octanol–water partition coefficient (Wildman–Crippen LogP) is 1.48. The van der Waals surface area contributed by atoms with Crippen molar-refractivity contribution in [3.8, 4) is 0 Å². The van der Waals surface area contributed by atoms with E-state index in [1.807, 2.05) is 19.3 Å². The molecule has 2 aliphatic rings. The monoisotopic (exact) mass is 260 g/mol. The zero-order valence-electron chi connectivity index (χ0n) is 11.8. The maximum atomic E-state index is 4.61. The Morgan fingerprint density at radius 2 is 2.16 bits per heavy atom. The highest BCUT2D eigenvalue weighted by atomic mass is 15.3. The van der Waals surface area contributed by atoms with E-state index in [4.69, 9.17) is 0 Å². The van der Waals surface area contributed by atoms with Crippen LogP contribution in [0.2, 0.25) is 0 Å². The lowest BCUT2D eigenvalue weighted by atomic mass is 10.2. The van der Waals surface area contributed by atoms with E-state index in [0.717, 1.165) is 25.7 Å². The van der Waals surface area contributed by atoms with Gasteiger partial charge in [-0.15, -0.1) is 0 Å². The fourth-order valence-corrected chi connectivity index (χ4v) is 3.38. The first-order chi connectivity index (χ1) is 9.38. The van der Waals surface area contributed by atoms with Gasteiger partial charge >= 0.3 is 0 Å². The van der Waals surface area contributed by atoms with Gasteiger partial charge in [0.1, 0.15) is 5.82 Å². The first-order valence-electron chi connectivity index (χ1n) is 7.46. The van der Waals surface area contributed by atoms with E-state index in [2.05, 4.69) is 26.2 Å². The second-order valence-electron chi connectivity index (χ2n) is 5.65. The zero-order valence-corrected chi connectivity index (χ0v) is 11.8. The van der Waals surface area contributed by atoms with E-state index in [-0.39, 0.29) is 0 Å². The first kappa shape index (κ1) is 12.9. The van der Waals surface area contributed by atoms with Crippen LogP contribution in [0, 0.1) is 0 Å². The number of pyridine rings is 1. The number of hydrogen-bond donors (Lipinski definition) is 1. The van der Waals surface area contributed by atoms with Crippen LogP contribution in [0.1, 0.15) is 24.8 Å². The maximum absolute atomic E-state index is 4.61. The third kappa shape index (κ3) is 2.74. The molecule has 0 radical (unpaired) electrons. The number of anilines is 1. The van der Waals surface area contributed by atoms with Gasteiger partial charge in [-0.3, -0.25) is 4.90 Å². The summed E-state index contributed by atoms with van der Waals surface area (Å²) in [6, 6.07) is 4.96. The molecule has 3 rings (SSSR count). The summed E-state index contributed by atoms with van der Waals surface area (Å²) >= 11 is 0. The minimum atomic E-state index is 0.743. The van der Waals surface area contributed by atoms with E-state index in [9.17, 15) is 0 Å². The Bertz CT molecular complexity index is 414. The molecule has 1 aromatic rings. The molecule has 4 heteroatoms. The molecule has 0 bridgehead atoms. The van der Waals surface area contributed by atoms with E-state index < -0.39 is 0 Å². The van der Waals surface area contributed by atoms with Crippen LogP contribution in [0.3, 0.4) is 0 Å². The molecule has 0 amide bonds. The van der Waals surface area contributed by atoms with Crippen LogP contribution in [0.4, 0.5) is 5.82 Å². The van der Waals surface area contributed by atoms with E-state index in [1.54, 1.807) is 0 Å². The average Bonchev–Trinajstić information content (AvgIpc) is 3.11. The quantitative estimate of drug-likeness (QED) is 0.888. The Hall–Kier alpha value is -1.13. The highest BCUT2D eigenvalue weighted by Crippen LogP contribution is 2.26. The summed E-state index contributed by atoms with van der Waals surface area (Å²) < 4.78 is 0. The number of likely N-dealkylation sites (tertiary alicyclic amines) is 1. The third-order valence-electron chi connectivity index (χ3n) is 4.35. The molecule has 4 nitrogen and oxygen atoms in total. The second-order valence-corrected chi connectivity index (χ2v) is 5.65. The smallest absolute Gasteiger partial charge is 0.133 e. The Kier molecular flexibility index (Phi) is 3.99. The summed E-state index contributed by atoms with van der Waals surface area (Å²) in [5.74, 6) is 1.18. The topological polar surface area (TPSA) is 31.4 Å². The molecule has 19 heavy (non-hydrogen) atoms. The molecule has 104 valence electrons. The molecular weight excluding hydrogens is 236 g/mol. The highest BCUT2D eigenvalue weighted by molar-refractivity contribution is 5.47. The van der Waals surface area contributed by atoms with Gasteiger partial charge in [-0.1, -0.05) is 6.07 Å². The van der Waals surface area contributed by atoms with Crippen LogP contribution < -0.4 is 10.2 Å². The first-order valence-corrected chi connectivity index (χ1v) is 7.46. The Balaban J connectivity index is 1.70. The lowest BCUT2D eigenvalue weighted by Crippen LogP contribution is -2.35. The van der Waals surface area contributed by atoms with E-state index >= 15 is 0 Å². The Morgan fingerprint density at radius 3 is 2.95 bits per heavy atom. The largest absolute Gasteiger partial charge is 0.355 e.